The number of benzene rings is 2. The van der Waals surface area contributed by atoms with Gasteiger partial charge in [-0.25, -0.2) is 17.8 Å². The van der Waals surface area contributed by atoms with Gasteiger partial charge in [-0.2, -0.15) is 0 Å². The van der Waals surface area contributed by atoms with Gasteiger partial charge in [0.1, 0.15) is 11.5 Å². The molecule has 0 aliphatic carbocycles. The van der Waals surface area contributed by atoms with Gasteiger partial charge >= 0.3 is 18.9 Å². The fourth-order valence-corrected chi connectivity index (χ4v) is 4.79. The van der Waals surface area contributed by atoms with Crippen molar-refractivity contribution in [1.29, 1.82) is 0 Å². The summed E-state index contributed by atoms with van der Waals surface area (Å²) in [5, 5.41) is 0. The normalized spacial score (nSPS) is 11.5. The average Bonchev–Trinajstić information content (AvgIpc) is 3.23. The Kier molecular flexibility index (Phi) is 7.76. The van der Waals surface area contributed by atoms with Crippen molar-refractivity contribution in [2.75, 3.05) is 14.1 Å². The number of pyridine rings is 1. The predicted molar refractivity (Wildman–Crippen MR) is 136 cm³/mol. The van der Waals surface area contributed by atoms with E-state index in [-0.39, 0.29) is 35.5 Å². The van der Waals surface area contributed by atoms with Gasteiger partial charge in [0.15, 0.2) is 0 Å². The Morgan fingerprint density at radius 2 is 1.70 bits per heavy atom. The molecule has 0 unspecified atom stereocenters. The summed E-state index contributed by atoms with van der Waals surface area (Å²) in [5.74, 6) is -0.549. The summed E-state index contributed by atoms with van der Waals surface area (Å²) in [4.78, 5) is 15.4. The van der Waals surface area contributed by atoms with Crippen LogP contribution in [-0.2, 0) is 16.6 Å². The van der Waals surface area contributed by atoms with Crippen LogP contribution in [0.5, 0.6) is 0 Å². The molecule has 8 nitrogen and oxygen atoms in total. The molecular weight excluding hydrogens is 486 g/mol. The summed E-state index contributed by atoms with van der Waals surface area (Å²) >= 11 is 0. The first-order chi connectivity index (χ1) is 17.3. The maximum Gasteiger partial charge on any atom is 1.00 e. The standard InChI is InChI=1S/C26H22FN6O2S.Li/c1-32(2)17-18-13-15-33-23(16-18)30-24(19-8-10-20(27)11-9-19)25(33)22-12-14-28-26(29-22)31-36(34,35)21-6-4-3-5-7-21;/h3-16H,17H2,1-2H3;/q-1;+1. The van der Waals surface area contributed by atoms with Crippen molar-refractivity contribution in [3.05, 3.63) is 101 Å². The minimum absolute atomic E-state index is 0. The zero-order valence-corrected chi connectivity index (χ0v) is 21.4. The van der Waals surface area contributed by atoms with E-state index in [0.29, 0.717) is 28.3 Å². The molecule has 0 amide bonds. The minimum Gasteiger partial charge on any atom is -0.366 e. The molecule has 0 aliphatic rings. The number of sulfonamides is 1. The third kappa shape index (κ3) is 5.73. The molecule has 0 radical (unpaired) electrons. The SMILES string of the molecule is CN(C)Cc1ccn2c(-c3ccnc([N-]S(=O)(=O)c4ccccc4)n3)c(-c3ccc(F)cc3)nc2c1.[Li+]. The number of nitrogens with zero attached hydrogens (tertiary/aromatic N) is 6. The molecule has 182 valence electrons. The van der Waals surface area contributed by atoms with Crippen LogP contribution in [0.15, 0.2) is 90.1 Å². The van der Waals surface area contributed by atoms with Crippen LogP contribution in [0, 0.1) is 5.82 Å². The van der Waals surface area contributed by atoms with E-state index in [9.17, 15) is 12.8 Å². The quantitative estimate of drug-likeness (QED) is 0.313. The molecule has 37 heavy (non-hydrogen) atoms. The van der Waals surface area contributed by atoms with Crippen LogP contribution >= 0.6 is 0 Å². The number of hydrogen-bond acceptors (Lipinski definition) is 6. The Hall–Kier alpha value is -3.55. The zero-order chi connectivity index (χ0) is 25.3. The van der Waals surface area contributed by atoms with E-state index in [1.807, 2.05) is 36.8 Å². The molecule has 5 rings (SSSR count). The van der Waals surface area contributed by atoms with Gasteiger partial charge in [-0.1, -0.05) is 18.2 Å². The molecule has 0 N–H and O–H groups in total. The third-order valence-corrected chi connectivity index (χ3v) is 6.71. The van der Waals surface area contributed by atoms with Crippen molar-refractivity contribution in [3.63, 3.8) is 0 Å². The molecule has 5 aromatic rings. The third-order valence-electron chi connectivity index (χ3n) is 5.44. The largest absolute Gasteiger partial charge is 1.00 e. The van der Waals surface area contributed by atoms with Crippen molar-refractivity contribution in [2.45, 2.75) is 11.4 Å². The van der Waals surface area contributed by atoms with Gasteiger partial charge in [0.25, 0.3) is 0 Å². The minimum atomic E-state index is -3.99. The molecule has 3 aromatic heterocycles. The number of halogens is 1. The number of fused-ring (bicyclic) bond motifs is 1. The van der Waals surface area contributed by atoms with Gasteiger partial charge in [-0.15, -0.1) is 0 Å². The second-order valence-corrected chi connectivity index (χ2v) is 10.0. The van der Waals surface area contributed by atoms with Crippen molar-refractivity contribution >= 4 is 21.6 Å². The maximum absolute atomic E-state index is 13.6. The maximum atomic E-state index is 13.6. The molecule has 11 heteroatoms. The van der Waals surface area contributed by atoms with Gasteiger partial charge in [0.05, 0.1) is 16.3 Å². The van der Waals surface area contributed by atoms with E-state index in [1.165, 1.54) is 30.5 Å². The molecule has 2 aromatic carbocycles. The molecular formula is C26H22FLiN6O2S. The number of hydrogen-bond donors (Lipinski definition) is 0. The zero-order valence-electron chi connectivity index (χ0n) is 20.6. The van der Waals surface area contributed by atoms with E-state index < -0.39 is 10.0 Å². The smallest absolute Gasteiger partial charge is 0.366 e. The Balaban J connectivity index is 0.00000320. The number of imidazole rings is 1. The molecule has 0 spiro atoms. The van der Waals surface area contributed by atoms with E-state index in [0.717, 1.165) is 12.1 Å². The predicted octanol–water partition coefficient (Wildman–Crippen LogP) is 2.06. The van der Waals surface area contributed by atoms with Gasteiger partial charge in [-0.3, -0.25) is 9.12 Å². The Bertz CT molecular complexity index is 1640. The van der Waals surface area contributed by atoms with Crippen LogP contribution in [-0.4, -0.2) is 46.8 Å². The molecule has 0 aliphatic heterocycles. The van der Waals surface area contributed by atoms with E-state index in [4.69, 9.17) is 4.98 Å². The van der Waals surface area contributed by atoms with Crippen LogP contribution in [0.3, 0.4) is 0 Å². The van der Waals surface area contributed by atoms with Crippen LogP contribution < -0.4 is 18.9 Å². The fraction of sp³-hybridized carbons (Fsp3) is 0.115. The number of rotatable bonds is 7. The molecule has 0 bridgehead atoms. The second-order valence-electron chi connectivity index (χ2n) is 8.44. The first kappa shape index (κ1) is 26.5. The van der Waals surface area contributed by atoms with Gasteiger partial charge in [0, 0.05) is 29.9 Å². The average molecular weight is 509 g/mol. The number of aromatic nitrogens is 4. The van der Waals surface area contributed by atoms with Crippen LogP contribution in [0.4, 0.5) is 10.3 Å². The van der Waals surface area contributed by atoms with Gasteiger partial charge < -0.3 is 14.9 Å². The first-order valence-electron chi connectivity index (χ1n) is 11.1. The van der Waals surface area contributed by atoms with Crippen molar-refractivity contribution in [3.8, 4) is 22.6 Å². The molecule has 0 saturated carbocycles. The van der Waals surface area contributed by atoms with Crippen molar-refractivity contribution in [2.24, 2.45) is 0 Å². The summed E-state index contributed by atoms with van der Waals surface area (Å²) in [5.41, 5.74) is 4.06. The Labute approximate surface area is 226 Å². The van der Waals surface area contributed by atoms with Crippen molar-refractivity contribution in [1.82, 2.24) is 24.3 Å². The Morgan fingerprint density at radius 3 is 2.41 bits per heavy atom. The topological polar surface area (TPSA) is 94.6 Å². The van der Waals surface area contributed by atoms with Crippen LogP contribution in [0.1, 0.15) is 5.56 Å². The van der Waals surface area contributed by atoms with Gasteiger partial charge in [-0.05, 0) is 80.5 Å². The van der Waals surface area contributed by atoms with E-state index in [2.05, 4.69) is 19.6 Å². The van der Waals surface area contributed by atoms with Crippen LogP contribution in [0.25, 0.3) is 33.0 Å². The summed E-state index contributed by atoms with van der Waals surface area (Å²) < 4.78 is 44.9. The fourth-order valence-electron chi connectivity index (χ4n) is 3.88. The first-order valence-corrected chi connectivity index (χ1v) is 12.5. The van der Waals surface area contributed by atoms with Crippen LogP contribution in [0.2, 0.25) is 0 Å². The summed E-state index contributed by atoms with van der Waals surface area (Å²) in [7, 11) is -0.0211. The Morgan fingerprint density at radius 1 is 0.973 bits per heavy atom. The molecule has 0 saturated heterocycles. The molecule has 0 fully saturated rings. The van der Waals surface area contributed by atoms with E-state index >= 15 is 0 Å². The monoisotopic (exact) mass is 508 g/mol. The summed E-state index contributed by atoms with van der Waals surface area (Å²) in [6, 6.07) is 19.6. The summed E-state index contributed by atoms with van der Waals surface area (Å²) in [6.45, 7) is 0.735. The van der Waals surface area contributed by atoms with Gasteiger partial charge in [0.2, 0.25) is 10.0 Å². The molecule has 3 heterocycles. The second kappa shape index (κ2) is 10.8. The summed E-state index contributed by atoms with van der Waals surface area (Å²) in [6.07, 6.45) is 3.35. The van der Waals surface area contributed by atoms with Crippen molar-refractivity contribution < 1.29 is 31.7 Å². The van der Waals surface area contributed by atoms with E-state index in [1.54, 1.807) is 36.4 Å². The molecule has 0 atom stereocenters.